The maximum atomic E-state index is 2.75. The molecule has 0 amide bonds. The molecule has 30 heavy (non-hydrogen) atoms. The standard InChI is InChI=1S/C30H54/c1-5-13-25-26(14-6-2)30-22(4)27(24-17-11-8-12-18-24)19-21(3)29(30)28(25)20-23-15-9-7-10-16-23/h21-30H,5-20H2,1-4H3. The van der Waals surface area contributed by atoms with Gasteiger partial charge in [0.1, 0.15) is 0 Å². The van der Waals surface area contributed by atoms with Crippen molar-refractivity contribution < 1.29 is 0 Å². The molecule has 0 N–H and O–H groups in total. The predicted octanol–water partition coefficient (Wildman–Crippen LogP) is 9.52. The van der Waals surface area contributed by atoms with E-state index in [0.717, 1.165) is 59.2 Å². The SMILES string of the molecule is CCCC1C(CC2CCCCC2)C2C(C)CC(C3CCCCC3)C(C)C2C1CCC. The fourth-order valence-corrected chi connectivity index (χ4v) is 9.91. The van der Waals surface area contributed by atoms with Crippen molar-refractivity contribution >= 4 is 0 Å². The van der Waals surface area contributed by atoms with Crippen LogP contribution in [0.15, 0.2) is 0 Å². The Kier molecular flexibility index (Phi) is 8.30. The Labute approximate surface area is 189 Å². The van der Waals surface area contributed by atoms with Crippen molar-refractivity contribution in [2.24, 2.45) is 59.2 Å². The minimum atomic E-state index is 0.993. The molecule has 0 aromatic carbocycles. The average molecular weight is 415 g/mol. The van der Waals surface area contributed by atoms with Crippen molar-refractivity contribution in [3.8, 4) is 0 Å². The van der Waals surface area contributed by atoms with Gasteiger partial charge in [0.15, 0.2) is 0 Å². The van der Waals surface area contributed by atoms with E-state index in [1.807, 2.05) is 0 Å². The van der Waals surface area contributed by atoms with E-state index in [1.54, 1.807) is 38.5 Å². The minimum absolute atomic E-state index is 0.993. The summed E-state index contributed by atoms with van der Waals surface area (Å²) in [6.45, 7) is 10.4. The highest BCUT2D eigenvalue weighted by atomic mass is 14.6. The van der Waals surface area contributed by atoms with E-state index in [2.05, 4.69) is 27.7 Å². The Morgan fingerprint density at radius 3 is 1.87 bits per heavy atom. The van der Waals surface area contributed by atoms with Gasteiger partial charge in [0, 0.05) is 0 Å². The summed E-state index contributed by atoms with van der Waals surface area (Å²) in [6, 6.07) is 0. The van der Waals surface area contributed by atoms with Crippen molar-refractivity contribution in [2.45, 2.75) is 130 Å². The molecule has 0 saturated heterocycles. The molecular formula is C30H54. The quantitative estimate of drug-likeness (QED) is 0.389. The van der Waals surface area contributed by atoms with Gasteiger partial charge in [0.2, 0.25) is 0 Å². The Morgan fingerprint density at radius 2 is 1.23 bits per heavy atom. The summed E-state index contributed by atoms with van der Waals surface area (Å²) in [6.07, 6.45) is 24.4. The van der Waals surface area contributed by atoms with E-state index in [1.165, 1.54) is 64.2 Å². The molecule has 0 radical (unpaired) electrons. The second-order valence-electron chi connectivity index (χ2n) is 12.6. The molecule has 0 aliphatic heterocycles. The zero-order valence-corrected chi connectivity index (χ0v) is 21.1. The van der Waals surface area contributed by atoms with Gasteiger partial charge >= 0.3 is 0 Å². The summed E-state index contributed by atoms with van der Waals surface area (Å²) in [5, 5.41) is 0. The van der Waals surface area contributed by atoms with Crippen LogP contribution in [0.4, 0.5) is 0 Å². The summed E-state index contributed by atoms with van der Waals surface area (Å²) in [5.41, 5.74) is 0. The molecule has 4 saturated carbocycles. The summed E-state index contributed by atoms with van der Waals surface area (Å²) in [4.78, 5) is 0. The van der Waals surface area contributed by atoms with Crippen LogP contribution in [0.3, 0.4) is 0 Å². The predicted molar refractivity (Wildman–Crippen MR) is 131 cm³/mol. The second-order valence-corrected chi connectivity index (χ2v) is 12.6. The molecule has 0 spiro atoms. The maximum Gasteiger partial charge on any atom is -0.0321 e. The molecular weight excluding hydrogens is 360 g/mol. The van der Waals surface area contributed by atoms with Gasteiger partial charge < -0.3 is 0 Å². The van der Waals surface area contributed by atoms with Gasteiger partial charge in [-0.2, -0.15) is 0 Å². The molecule has 4 fully saturated rings. The van der Waals surface area contributed by atoms with E-state index >= 15 is 0 Å². The van der Waals surface area contributed by atoms with Crippen LogP contribution in [-0.4, -0.2) is 0 Å². The number of fused-ring (bicyclic) bond motifs is 1. The van der Waals surface area contributed by atoms with Crippen molar-refractivity contribution in [3.05, 3.63) is 0 Å². The lowest BCUT2D eigenvalue weighted by atomic mass is 9.56. The zero-order valence-electron chi connectivity index (χ0n) is 21.1. The molecule has 0 nitrogen and oxygen atoms in total. The third kappa shape index (κ3) is 4.69. The Bertz CT molecular complexity index is 496. The zero-order chi connectivity index (χ0) is 21.1. The summed E-state index contributed by atoms with van der Waals surface area (Å²) < 4.78 is 0. The fourth-order valence-electron chi connectivity index (χ4n) is 9.91. The Hall–Kier alpha value is 0. The smallest absolute Gasteiger partial charge is 0.0321 e. The van der Waals surface area contributed by atoms with Crippen LogP contribution in [0.25, 0.3) is 0 Å². The van der Waals surface area contributed by atoms with Crippen molar-refractivity contribution in [2.75, 3.05) is 0 Å². The van der Waals surface area contributed by atoms with Crippen LogP contribution in [0.1, 0.15) is 130 Å². The molecule has 8 atom stereocenters. The highest BCUT2D eigenvalue weighted by molar-refractivity contribution is 5.05. The van der Waals surface area contributed by atoms with Crippen molar-refractivity contribution in [1.82, 2.24) is 0 Å². The largest absolute Gasteiger partial charge is 0.0654 e. The van der Waals surface area contributed by atoms with E-state index < -0.39 is 0 Å². The molecule has 174 valence electrons. The van der Waals surface area contributed by atoms with Gasteiger partial charge in [-0.1, -0.05) is 118 Å². The van der Waals surface area contributed by atoms with Gasteiger partial charge in [-0.3, -0.25) is 0 Å². The molecule has 0 aromatic heterocycles. The lowest BCUT2D eigenvalue weighted by Crippen LogP contribution is -2.42. The summed E-state index contributed by atoms with van der Waals surface area (Å²) in [5.74, 6) is 10.5. The average Bonchev–Trinajstić information content (AvgIpc) is 3.06. The monoisotopic (exact) mass is 414 g/mol. The van der Waals surface area contributed by atoms with Crippen LogP contribution >= 0.6 is 0 Å². The Morgan fingerprint density at radius 1 is 0.633 bits per heavy atom. The fraction of sp³-hybridized carbons (Fsp3) is 1.00. The Balaban J connectivity index is 1.58. The van der Waals surface area contributed by atoms with Gasteiger partial charge in [0.25, 0.3) is 0 Å². The molecule has 0 heterocycles. The first-order chi connectivity index (χ1) is 14.7. The van der Waals surface area contributed by atoms with Gasteiger partial charge in [-0.25, -0.2) is 0 Å². The van der Waals surface area contributed by atoms with E-state index in [0.29, 0.717) is 0 Å². The number of rotatable bonds is 7. The highest BCUT2D eigenvalue weighted by Crippen LogP contribution is 2.63. The molecule has 8 unspecified atom stereocenters. The highest BCUT2D eigenvalue weighted by Gasteiger charge is 2.56. The van der Waals surface area contributed by atoms with Crippen LogP contribution < -0.4 is 0 Å². The molecule has 4 aliphatic rings. The topological polar surface area (TPSA) is 0 Å². The van der Waals surface area contributed by atoms with E-state index in [9.17, 15) is 0 Å². The van der Waals surface area contributed by atoms with Crippen LogP contribution in [0.2, 0.25) is 0 Å². The molecule has 0 heteroatoms. The first kappa shape index (κ1) is 23.2. The first-order valence-electron chi connectivity index (χ1n) is 14.7. The normalized spacial score (nSPS) is 43.6. The van der Waals surface area contributed by atoms with Crippen LogP contribution in [0, 0.1) is 59.2 Å². The van der Waals surface area contributed by atoms with Gasteiger partial charge in [-0.15, -0.1) is 0 Å². The van der Waals surface area contributed by atoms with Crippen molar-refractivity contribution in [1.29, 1.82) is 0 Å². The second kappa shape index (κ2) is 10.7. The number of hydrogen-bond donors (Lipinski definition) is 0. The van der Waals surface area contributed by atoms with Crippen LogP contribution in [-0.2, 0) is 0 Å². The summed E-state index contributed by atoms with van der Waals surface area (Å²) in [7, 11) is 0. The van der Waals surface area contributed by atoms with Crippen molar-refractivity contribution in [3.63, 3.8) is 0 Å². The molecule has 0 aromatic rings. The molecule has 4 rings (SSSR count). The van der Waals surface area contributed by atoms with E-state index in [4.69, 9.17) is 0 Å². The minimum Gasteiger partial charge on any atom is -0.0654 e. The number of hydrogen-bond acceptors (Lipinski definition) is 0. The summed E-state index contributed by atoms with van der Waals surface area (Å²) >= 11 is 0. The van der Waals surface area contributed by atoms with E-state index in [-0.39, 0.29) is 0 Å². The lowest BCUT2D eigenvalue weighted by Gasteiger charge is -2.49. The van der Waals surface area contributed by atoms with Gasteiger partial charge in [0.05, 0.1) is 0 Å². The third-order valence-electron chi connectivity index (χ3n) is 10.9. The lowest BCUT2D eigenvalue weighted by molar-refractivity contribution is -0.00386. The molecule has 4 aliphatic carbocycles. The first-order valence-corrected chi connectivity index (χ1v) is 14.7. The third-order valence-corrected chi connectivity index (χ3v) is 10.9. The van der Waals surface area contributed by atoms with Gasteiger partial charge in [-0.05, 0) is 72.0 Å². The van der Waals surface area contributed by atoms with Crippen LogP contribution in [0.5, 0.6) is 0 Å². The molecule has 0 bridgehead atoms. The maximum absolute atomic E-state index is 2.75.